The van der Waals surface area contributed by atoms with E-state index in [1.807, 2.05) is 13.1 Å². The van der Waals surface area contributed by atoms with Crippen LogP contribution in [0.25, 0.3) is 0 Å². The number of hydrogen-bond acceptors (Lipinski definition) is 14. The third-order valence-electron chi connectivity index (χ3n) is 9.08. The van der Waals surface area contributed by atoms with Crippen molar-refractivity contribution in [2.75, 3.05) is 20.7 Å². The molecule has 2 bridgehead atoms. The number of carbonyl (C=O) groups is 5. The van der Waals surface area contributed by atoms with Crippen LogP contribution < -0.4 is 9.47 Å². The number of likely N-dealkylation sites (N-methyl/N-ethyl adjacent to an activating group) is 1. The van der Waals surface area contributed by atoms with Gasteiger partial charge in [0.15, 0.2) is 35.9 Å². The molecular weight excluding hydrogens is 602 g/mol. The van der Waals surface area contributed by atoms with Crippen LogP contribution in [0, 0.1) is 0 Å². The van der Waals surface area contributed by atoms with Crippen molar-refractivity contribution in [1.29, 1.82) is 0 Å². The first kappa shape index (κ1) is 32.2. The number of aliphatic carboxylic acids is 2. The number of methoxy groups -OCH3 is 1. The fourth-order valence-corrected chi connectivity index (χ4v) is 6.89. The lowest BCUT2D eigenvalue weighted by molar-refractivity contribution is -0.186. The summed E-state index contributed by atoms with van der Waals surface area (Å²) in [5.41, 5.74) is -0.620. The molecule has 16 heteroatoms. The molecule has 1 aromatic rings. The van der Waals surface area contributed by atoms with Gasteiger partial charge in [-0.25, -0.2) is 19.2 Å². The van der Waals surface area contributed by atoms with E-state index in [0.717, 1.165) is 18.1 Å². The molecule has 1 spiro atoms. The number of carboxylic acids is 2. The molecule has 0 unspecified atom stereocenters. The second kappa shape index (κ2) is 11.6. The number of esters is 3. The summed E-state index contributed by atoms with van der Waals surface area (Å²) in [5.74, 6) is -7.10. The average molecular weight is 636 g/mol. The molecule has 16 nitrogen and oxygen atoms in total. The molecule has 0 saturated carbocycles. The molecule has 8 atom stereocenters. The van der Waals surface area contributed by atoms with Gasteiger partial charge in [0.2, 0.25) is 6.10 Å². The molecule has 2 heterocycles. The monoisotopic (exact) mass is 635 g/mol. The fourth-order valence-electron chi connectivity index (χ4n) is 6.89. The quantitative estimate of drug-likeness (QED) is 0.139. The van der Waals surface area contributed by atoms with Crippen molar-refractivity contribution < 1.29 is 73.2 Å². The zero-order valence-electron chi connectivity index (χ0n) is 24.5. The van der Waals surface area contributed by atoms with Gasteiger partial charge in [-0.05, 0) is 51.1 Å². The second-order valence-corrected chi connectivity index (χ2v) is 11.5. The summed E-state index contributed by atoms with van der Waals surface area (Å²) in [7, 11) is 3.40. The van der Waals surface area contributed by atoms with Gasteiger partial charge in [-0.2, -0.15) is 0 Å². The van der Waals surface area contributed by atoms with Crippen molar-refractivity contribution in [2.45, 2.75) is 80.2 Å². The molecule has 4 aliphatic rings. The number of hydrogen-bond donors (Lipinski definition) is 5. The Labute approximate surface area is 255 Å². The molecule has 45 heavy (non-hydrogen) atoms. The average Bonchev–Trinajstić information content (AvgIpc) is 3.34. The Bertz CT molecular complexity index is 1470. The third kappa shape index (κ3) is 5.07. The summed E-state index contributed by atoms with van der Waals surface area (Å²) in [6, 6.07) is 3.40. The number of carbonyl (C=O) groups excluding carboxylic acids is 3. The Morgan fingerprint density at radius 3 is 2.40 bits per heavy atom. The lowest BCUT2D eigenvalue weighted by Crippen LogP contribution is -2.74. The molecule has 2 aliphatic heterocycles. The number of likely N-dealkylation sites (tertiary alicyclic amines) is 1. The summed E-state index contributed by atoms with van der Waals surface area (Å²) in [6.07, 6.45) is -8.51. The topological polar surface area (TPSA) is 236 Å². The Morgan fingerprint density at radius 2 is 1.76 bits per heavy atom. The number of ether oxygens (including phenoxy) is 5. The zero-order chi connectivity index (χ0) is 33.0. The maximum Gasteiger partial charge on any atom is 0.348 e. The predicted molar refractivity (Wildman–Crippen MR) is 145 cm³/mol. The summed E-state index contributed by atoms with van der Waals surface area (Å²) in [6.45, 7) is 1.54. The smallest absolute Gasteiger partial charge is 0.348 e. The lowest BCUT2D eigenvalue weighted by Gasteiger charge is -2.61. The fraction of sp³-hybridized carbons (Fsp3) is 0.552. The maximum atomic E-state index is 13.0. The number of aliphatic hydroxyl groups is 3. The van der Waals surface area contributed by atoms with Gasteiger partial charge in [0.05, 0.1) is 24.5 Å². The van der Waals surface area contributed by atoms with Crippen LogP contribution in [-0.4, -0.2) is 123 Å². The van der Waals surface area contributed by atoms with Crippen molar-refractivity contribution in [1.82, 2.24) is 4.90 Å². The van der Waals surface area contributed by atoms with Crippen molar-refractivity contribution in [3.05, 3.63) is 35.1 Å². The number of rotatable bonds is 11. The first-order valence-corrected chi connectivity index (χ1v) is 14.1. The Morgan fingerprint density at radius 1 is 1.07 bits per heavy atom. The van der Waals surface area contributed by atoms with Crippen molar-refractivity contribution in [3.63, 3.8) is 0 Å². The van der Waals surface area contributed by atoms with Crippen LogP contribution in [0.15, 0.2) is 24.0 Å². The number of piperidine rings is 1. The van der Waals surface area contributed by atoms with Crippen LogP contribution in [0.3, 0.4) is 0 Å². The summed E-state index contributed by atoms with van der Waals surface area (Å²) in [5, 5.41) is 50.9. The Kier molecular flexibility index (Phi) is 8.28. The summed E-state index contributed by atoms with van der Waals surface area (Å²) in [4.78, 5) is 61.6. The highest BCUT2D eigenvalue weighted by atomic mass is 16.6. The molecule has 244 valence electrons. The minimum absolute atomic E-state index is 0.0474. The molecular formula is C29H33NO15. The van der Waals surface area contributed by atoms with E-state index in [9.17, 15) is 39.3 Å². The van der Waals surface area contributed by atoms with Crippen LogP contribution in [0.1, 0.15) is 37.3 Å². The standard InChI is InChI=1S/C29H33NO15/c1-12(25(37)44-16(24(35)36)11-18(31)32)42-26(38)20(33)21(34)27(39)43-15-6-7-29(40)17-10-13-4-5-14(41-3)22-19(13)28(29,23(15)45-22)8-9-30(17)2/h4-6,12,16-17,20-21,23,33-34,40H,7-11H2,1-3H3,(H,31,32)(H,35,36)/t12-,16-,17-,20+,21+,23+,28+,29-/m0/s1. The largest absolute Gasteiger partial charge is 0.493 e. The minimum atomic E-state index is -2.54. The van der Waals surface area contributed by atoms with E-state index >= 15 is 0 Å². The molecule has 5 N–H and O–H groups in total. The van der Waals surface area contributed by atoms with E-state index in [4.69, 9.17) is 29.2 Å². The van der Waals surface area contributed by atoms with E-state index in [2.05, 4.69) is 9.64 Å². The molecule has 2 aliphatic carbocycles. The molecule has 0 amide bonds. The SMILES string of the molecule is COc1ccc2c3c1O[C@@H]1C(OC(=O)[C@H](O)[C@@H](O)C(=O)O[C@@H](C)C(=O)O[C@@H](CC(=O)O)C(=O)O)=CC[C@]4(O)[C@H](C2)N(C)CC[C@@]314. The molecule has 1 fully saturated rings. The normalized spacial score (nSPS) is 28.6. The van der Waals surface area contributed by atoms with Crippen LogP contribution in [-0.2, 0) is 50.0 Å². The minimum Gasteiger partial charge on any atom is -0.493 e. The first-order valence-electron chi connectivity index (χ1n) is 14.1. The molecule has 5 rings (SSSR count). The Hall–Kier alpha value is -4.25. The Balaban J connectivity index is 1.31. The van der Waals surface area contributed by atoms with Gasteiger partial charge in [-0.1, -0.05) is 6.07 Å². The van der Waals surface area contributed by atoms with Gasteiger partial charge >= 0.3 is 29.8 Å². The molecule has 1 saturated heterocycles. The van der Waals surface area contributed by atoms with Crippen molar-refractivity contribution in [3.8, 4) is 11.5 Å². The van der Waals surface area contributed by atoms with Crippen LogP contribution in [0.5, 0.6) is 11.5 Å². The van der Waals surface area contributed by atoms with Gasteiger partial charge in [0, 0.05) is 18.0 Å². The highest BCUT2D eigenvalue weighted by molar-refractivity contribution is 5.88. The molecule has 0 aromatic heterocycles. The van der Waals surface area contributed by atoms with Crippen LogP contribution in [0.4, 0.5) is 0 Å². The summed E-state index contributed by atoms with van der Waals surface area (Å²) >= 11 is 0. The number of aliphatic hydroxyl groups excluding tert-OH is 2. The molecule has 1 aromatic carbocycles. The van der Waals surface area contributed by atoms with Gasteiger partial charge in [0.1, 0.15) is 5.76 Å². The van der Waals surface area contributed by atoms with E-state index in [0.29, 0.717) is 30.9 Å². The number of carboxylic acid groups (broad SMARTS) is 2. The van der Waals surface area contributed by atoms with Crippen LogP contribution >= 0.6 is 0 Å². The van der Waals surface area contributed by atoms with E-state index < -0.39 is 77.8 Å². The van der Waals surface area contributed by atoms with E-state index in [1.54, 1.807) is 6.07 Å². The highest BCUT2D eigenvalue weighted by Gasteiger charge is 2.72. The highest BCUT2D eigenvalue weighted by Crippen LogP contribution is 2.65. The van der Waals surface area contributed by atoms with Crippen molar-refractivity contribution >= 4 is 29.8 Å². The molecule has 0 radical (unpaired) electrons. The van der Waals surface area contributed by atoms with Gasteiger partial charge in [-0.15, -0.1) is 0 Å². The van der Waals surface area contributed by atoms with E-state index in [1.165, 1.54) is 13.2 Å². The maximum absolute atomic E-state index is 13.0. The van der Waals surface area contributed by atoms with Gasteiger partial charge in [-0.3, -0.25) is 4.79 Å². The van der Waals surface area contributed by atoms with E-state index in [-0.39, 0.29) is 18.2 Å². The number of benzene rings is 1. The first-order chi connectivity index (χ1) is 21.2. The van der Waals surface area contributed by atoms with Crippen molar-refractivity contribution in [2.24, 2.45) is 0 Å². The van der Waals surface area contributed by atoms with Crippen LogP contribution in [0.2, 0.25) is 0 Å². The zero-order valence-corrected chi connectivity index (χ0v) is 24.5. The lowest BCUT2D eigenvalue weighted by atomic mass is 9.50. The van der Waals surface area contributed by atoms with Gasteiger partial charge < -0.3 is 54.1 Å². The third-order valence-corrected chi connectivity index (χ3v) is 9.08. The van der Waals surface area contributed by atoms with Gasteiger partial charge in [0.25, 0.3) is 0 Å². The summed E-state index contributed by atoms with van der Waals surface area (Å²) < 4.78 is 26.6. The predicted octanol–water partition coefficient (Wildman–Crippen LogP) is -1.36. The second-order valence-electron chi connectivity index (χ2n) is 11.5. The number of nitrogens with zero attached hydrogens (tertiary/aromatic N) is 1.